The molecule has 4 atom stereocenters. The molecule has 142 valence electrons. The fourth-order valence-corrected chi connectivity index (χ4v) is 2.22. The van der Waals surface area contributed by atoms with E-state index in [1.165, 1.54) is 0 Å². The number of hydrogen-bond donors (Lipinski definition) is 5. The summed E-state index contributed by atoms with van der Waals surface area (Å²) in [5.41, 5.74) is 0.528. The van der Waals surface area contributed by atoms with Gasteiger partial charge in [0.15, 0.2) is 17.3 Å². The van der Waals surface area contributed by atoms with Gasteiger partial charge in [0.1, 0.15) is 24.4 Å². The minimum absolute atomic E-state index is 0.216. The first-order chi connectivity index (χ1) is 11.8. The van der Waals surface area contributed by atoms with Gasteiger partial charge in [-0.25, -0.2) is 0 Å². The van der Waals surface area contributed by atoms with Gasteiger partial charge >= 0.3 is 0 Å². The molecule has 0 bridgehead atoms. The van der Waals surface area contributed by atoms with Crippen molar-refractivity contribution in [3.8, 4) is 11.5 Å². The smallest absolute Gasteiger partial charge is 0.168 e. The molecule has 0 unspecified atom stereocenters. The van der Waals surface area contributed by atoms with Gasteiger partial charge < -0.3 is 35.0 Å². The van der Waals surface area contributed by atoms with Crippen LogP contribution < -0.4 is 9.47 Å². The average Bonchev–Trinajstić information content (AvgIpc) is 2.61. The zero-order valence-electron chi connectivity index (χ0n) is 14.3. The second kappa shape index (κ2) is 10.3. The van der Waals surface area contributed by atoms with Crippen LogP contribution in [0.1, 0.15) is 19.4 Å². The lowest BCUT2D eigenvalue weighted by Gasteiger charge is -2.24. The number of carbonyl (C=O) groups is 1. The highest BCUT2D eigenvalue weighted by Gasteiger charge is 2.33. The molecule has 1 aromatic carbocycles. The molecule has 0 fully saturated rings. The predicted octanol–water partition coefficient (Wildman–Crippen LogP) is -0.969. The number of ketones is 1. The maximum absolute atomic E-state index is 12.1. The lowest BCUT2D eigenvalue weighted by Crippen LogP contribution is -2.49. The first kappa shape index (κ1) is 21.3. The summed E-state index contributed by atoms with van der Waals surface area (Å²) in [7, 11) is 0. The molecule has 8 nitrogen and oxygen atoms in total. The van der Waals surface area contributed by atoms with Crippen molar-refractivity contribution in [3.05, 3.63) is 23.8 Å². The molecular weight excluding hydrogens is 332 g/mol. The van der Waals surface area contributed by atoms with E-state index in [-0.39, 0.29) is 6.42 Å². The lowest BCUT2D eigenvalue weighted by molar-refractivity contribution is -0.146. The minimum Gasteiger partial charge on any atom is -0.490 e. The predicted molar refractivity (Wildman–Crippen MR) is 88.6 cm³/mol. The number of rotatable bonds is 11. The van der Waals surface area contributed by atoms with E-state index in [0.29, 0.717) is 30.3 Å². The van der Waals surface area contributed by atoms with Crippen LogP contribution in [0.25, 0.3) is 0 Å². The van der Waals surface area contributed by atoms with Crippen molar-refractivity contribution in [1.29, 1.82) is 0 Å². The van der Waals surface area contributed by atoms with Gasteiger partial charge in [-0.05, 0) is 31.5 Å². The van der Waals surface area contributed by atoms with Crippen LogP contribution in [0.2, 0.25) is 0 Å². The van der Waals surface area contributed by atoms with Crippen LogP contribution in [-0.2, 0) is 11.2 Å². The molecule has 0 aromatic heterocycles. The standard InChI is InChI=1S/C17H26O8/c1-3-24-13-6-5-10(8-14(13)25-4-2)7-11(19)15(21)17(23)16(22)12(20)9-18/h5-6,8,12,15-18,20-23H,3-4,7,9H2,1-2H3/t12-,15+,16-,17-/m1/s1. The summed E-state index contributed by atoms with van der Waals surface area (Å²) >= 11 is 0. The largest absolute Gasteiger partial charge is 0.490 e. The molecule has 0 radical (unpaired) electrons. The third-order valence-electron chi connectivity index (χ3n) is 3.57. The SMILES string of the molecule is CCOc1ccc(CC(=O)[C@H](O)[C@@H](O)[C@H](O)[C@H](O)CO)cc1OCC. The van der Waals surface area contributed by atoms with Crippen molar-refractivity contribution >= 4 is 5.78 Å². The Bertz CT molecular complexity index is 547. The Balaban J connectivity index is 2.83. The molecule has 0 amide bonds. The molecule has 0 saturated heterocycles. The minimum atomic E-state index is -1.91. The lowest BCUT2D eigenvalue weighted by atomic mass is 9.96. The number of carbonyl (C=O) groups excluding carboxylic acids is 1. The summed E-state index contributed by atoms with van der Waals surface area (Å²) in [6.07, 6.45) is -7.54. The van der Waals surface area contributed by atoms with E-state index in [4.69, 9.17) is 14.6 Å². The first-order valence-corrected chi connectivity index (χ1v) is 8.10. The number of aliphatic hydroxyl groups is 5. The fourth-order valence-electron chi connectivity index (χ4n) is 2.22. The Hall–Kier alpha value is -1.71. The van der Waals surface area contributed by atoms with E-state index < -0.39 is 36.8 Å². The summed E-state index contributed by atoms with van der Waals surface area (Å²) in [6.45, 7) is 3.69. The van der Waals surface area contributed by atoms with Crippen LogP contribution in [-0.4, -0.2) is 75.6 Å². The summed E-state index contributed by atoms with van der Waals surface area (Å²) < 4.78 is 10.9. The zero-order valence-corrected chi connectivity index (χ0v) is 14.3. The van der Waals surface area contributed by atoms with Crippen LogP contribution >= 0.6 is 0 Å². The highest BCUT2D eigenvalue weighted by atomic mass is 16.5. The molecule has 5 N–H and O–H groups in total. The Morgan fingerprint density at radius 2 is 1.60 bits per heavy atom. The molecular formula is C17H26O8. The fraction of sp³-hybridized carbons (Fsp3) is 0.588. The summed E-state index contributed by atoms with van der Waals surface area (Å²) in [6, 6.07) is 4.87. The van der Waals surface area contributed by atoms with Crippen molar-refractivity contribution in [1.82, 2.24) is 0 Å². The monoisotopic (exact) mass is 358 g/mol. The number of benzene rings is 1. The van der Waals surface area contributed by atoms with E-state index in [0.717, 1.165) is 0 Å². The number of Topliss-reactive ketones (excluding diaryl/α,β-unsaturated/α-hetero) is 1. The van der Waals surface area contributed by atoms with Gasteiger partial charge in [0, 0.05) is 6.42 Å². The third-order valence-corrected chi connectivity index (χ3v) is 3.57. The number of ether oxygens (including phenoxy) is 2. The van der Waals surface area contributed by atoms with Crippen LogP contribution in [0.3, 0.4) is 0 Å². The van der Waals surface area contributed by atoms with Gasteiger partial charge in [-0.1, -0.05) is 6.07 Å². The second-order valence-corrected chi connectivity index (χ2v) is 5.47. The van der Waals surface area contributed by atoms with Crippen LogP contribution in [0, 0.1) is 0 Å². The van der Waals surface area contributed by atoms with E-state index in [1.807, 2.05) is 13.8 Å². The highest BCUT2D eigenvalue weighted by molar-refractivity contribution is 5.85. The maximum Gasteiger partial charge on any atom is 0.168 e. The molecule has 8 heteroatoms. The Kier molecular flexibility index (Phi) is 8.81. The van der Waals surface area contributed by atoms with Gasteiger partial charge in [-0.15, -0.1) is 0 Å². The summed E-state index contributed by atoms with van der Waals surface area (Å²) in [4.78, 5) is 12.1. The molecule has 0 saturated carbocycles. The van der Waals surface area contributed by atoms with Gasteiger partial charge in [-0.2, -0.15) is 0 Å². The molecule has 0 spiro atoms. The number of hydrogen-bond acceptors (Lipinski definition) is 8. The molecule has 1 aromatic rings. The van der Waals surface area contributed by atoms with Gasteiger partial charge in [0.2, 0.25) is 0 Å². The van der Waals surface area contributed by atoms with E-state index in [1.54, 1.807) is 18.2 Å². The van der Waals surface area contributed by atoms with Crippen LogP contribution in [0.15, 0.2) is 18.2 Å². The Labute approximate surface area is 146 Å². The molecule has 1 rings (SSSR count). The zero-order chi connectivity index (χ0) is 19.0. The Morgan fingerprint density at radius 1 is 1.00 bits per heavy atom. The van der Waals surface area contributed by atoms with Crippen molar-refractivity contribution in [2.75, 3.05) is 19.8 Å². The summed E-state index contributed by atoms with van der Waals surface area (Å²) in [5, 5.41) is 47.2. The molecule has 0 aliphatic rings. The van der Waals surface area contributed by atoms with Crippen LogP contribution in [0.5, 0.6) is 11.5 Å². The molecule has 25 heavy (non-hydrogen) atoms. The normalized spacial score (nSPS) is 16.0. The first-order valence-electron chi connectivity index (χ1n) is 8.10. The average molecular weight is 358 g/mol. The van der Waals surface area contributed by atoms with Crippen LogP contribution in [0.4, 0.5) is 0 Å². The molecule has 0 heterocycles. The van der Waals surface area contributed by atoms with Crippen molar-refractivity contribution in [3.63, 3.8) is 0 Å². The quantitative estimate of drug-likeness (QED) is 0.341. The number of aliphatic hydroxyl groups excluding tert-OH is 5. The highest BCUT2D eigenvalue weighted by Crippen LogP contribution is 2.29. The molecule has 0 aliphatic carbocycles. The maximum atomic E-state index is 12.1. The van der Waals surface area contributed by atoms with E-state index >= 15 is 0 Å². The van der Waals surface area contributed by atoms with Crippen molar-refractivity contribution in [2.24, 2.45) is 0 Å². The van der Waals surface area contributed by atoms with Crippen molar-refractivity contribution < 1.29 is 39.8 Å². The molecule has 0 aliphatic heterocycles. The van der Waals surface area contributed by atoms with E-state index in [2.05, 4.69) is 0 Å². The van der Waals surface area contributed by atoms with Gasteiger partial charge in [0.05, 0.1) is 19.8 Å². The van der Waals surface area contributed by atoms with Gasteiger partial charge in [-0.3, -0.25) is 4.79 Å². The second-order valence-electron chi connectivity index (χ2n) is 5.47. The van der Waals surface area contributed by atoms with Gasteiger partial charge in [0.25, 0.3) is 0 Å². The third kappa shape index (κ3) is 5.94. The van der Waals surface area contributed by atoms with Crippen molar-refractivity contribution in [2.45, 2.75) is 44.7 Å². The Morgan fingerprint density at radius 3 is 2.16 bits per heavy atom. The summed E-state index contributed by atoms with van der Waals surface area (Å²) in [5.74, 6) is 0.242. The topological polar surface area (TPSA) is 137 Å². The van der Waals surface area contributed by atoms with E-state index in [9.17, 15) is 25.2 Å².